The van der Waals surface area contributed by atoms with E-state index in [4.69, 9.17) is 5.73 Å². The molecule has 0 radical (unpaired) electrons. The predicted molar refractivity (Wildman–Crippen MR) is 79.3 cm³/mol. The van der Waals surface area contributed by atoms with Gasteiger partial charge in [-0.05, 0) is 36.2 Å². The fourth-order valence-electron chi connectivity index (χ4n) is 1.90. The van der Waals surface area contributed by atoms with Gasteiger partial charge in [0.2, 0.25) is 10.0 Å². The Hall–Kier alpha value is -1.92. The van der Waals surface area contributed by atoms with Crippen LogP contribution >= 0.6 is 0 Å². The van der Waals surface area contributed by atoms with Gasteiger partial charge in [0, 0.05) is 24.1 Å². The highest BCUT2D eigenvalue weighted by molar-refractivity contribution is 7.88. The highest BCUT2D eigenvalue weighted by Crippen LogP contribution is 2.17. The summed E-state index contributed by atoms with van der Waals surface area (Å²) < 4.78 is 26.9. The molecule has 0 aliphatic heterocycles. The number of nitrogen functional groups attached to an aromatic ring is 1. The van der Waals surface area contributed by atoms with Gasteiger partial charge in [-0.1, -0.05) is 18.2 Å². The second-order valence-corrected chi connectivity index (χ2v) is 6.33. The number of rotatable bonds is 5. The van der Waals surface area contributed by atoms with Crippen LogP contribution in [0.5, 0.6) is 0 Å². The molecule has 2 rings (SSSR count). The van der Waals surface area contributed by atoms with E-state index in [2.05, 4.69) is 9.71 Å². The molecule has 3 N–H and O–H groups in total. The predicted octanol–water partition coefficient (Wildman–Crippen LogP) is 1.84. The lowest BCUT2D eigenvalue weighted by Crippen LogP contribution is -2.28. The van der Waals surface area contributed by atoms with E-state index < -0.39 is 10.0 Å². The zero-order valence-electron chi connectivity index (χ0n) is 11.2. The zero-order chi connectivity index (χ0) is 14.6. The maximum atomic E-state index is 12.2. The van der Waals surface area contributed by atoms with Crippen LogP contribution in [0.3, 0.4) is 0 Å². The molecule has 2 aromatic rings. The first-order valence-electron chi connectivity index (χ1n) is 6.21. The van der Waals surface area contributed by atoms with Gasteiger partial charge in [-0.3, -0.25) is 4.98 Å². The Morgan fingerprint density at radius 3 is 2.50 bits per heavy atom. The number of sulfonamides is 1. The number of benzene rings is 1. The average Bonchev–Trinajstić information content (AvgIpc) is 2.41. The molecule has 0 spiro atoms. The van der Waals surface area contributed by atoms with Crippen LogP contribution in [0.15, 0.2) is 48.8 Å². The van der Waals surface area contributed by atoms with E-state index >= 15 is 0 Å². The molecule has 0 bridgehead atoms. The lowest BCUT2D eigenvalue weighted by atomic mass is 10.1. The first kappa shape index (κ1) is 14.5. The molecule has 0 fully saturated rings. The molecule has 106 valence electrons. The van der Waals surface area contributed by atoms with Crippen molar-refractivity contribution in [2.75, 3.05) is 5.73 Å². The summed E-state index contributed by atoms with van der Waals surface area (Å²) in [6, 6.07) is 10.2. The van der Waals surface area contributed by atoms with Crippen LogP contribution in [-0.2, 0) is 15.8 Å². The summed E-state index contributed by atoms with van der Waals surface area (Å²) in [4.78, 5) is 3.91. The number of aromatic nitrogens is 1. The SMILES string of the molecule is CC(NS(=O)(=O)Cc1ccccc1N)c1ccncc1. The van der Waals surface area contributed by atoms with Gasteiger partial charge in [0.25, 0.3) is 0 Å². The van der Waals surface area contributed by atoms with E-state index in [1.165, 1.54) is 0 Å². The molecule has 6 heteroatoms. The topological polar surface area (TPSA) is 85.1 Å². The molecule has 0 saturated heterocycles. The number of para-hydroxylation sites is 1. The van der Waals surface area contributed by atoms with E-state index in [-0.39, 0.29) is 11.8 Å². The molecule has 1 atom stereocenters. The maximum absolute atomic E-state index is 12.2. The summed E-state index contributed by atoms with van der Waals surface area (Å²) >= 11 is 0. The van der Waals surface area contributed by atoms with Gasteiger partial charge in [-0.25, -0.2) is 13.1 Å². The minimum Gasteiger partial charge on any atom is -0.398 e. The minimum atomic E-state index is -3.45. The number of anilines is 1. The summed E-state index contributed by atoms with van der Waals surface area (Å²) in [5, 5.41) is 0. The number of hydrogen-bond donors (Lipinski definition) is 2. The molecule has 1 unspecified atom stereocenters. The van der Waals surface area contributed by atoms with Crippen molar-refractivity contribution >= 4 is 15.7 Å². The van der Waals surface area contributed by atoms with E-state index in [0.717, 1.165) is 5.56 Å². The van der Waals surface area contributed by atoms with Crippen molar-refractivity contribution < 1.29 is 8.42 Å². The first-order valence-corrected chi connectivity index (χ1v) is 7.86. The van der Waals surface area contributed by atoms with Crippen molar-refractivity contribution in [1.82, 2.24) is 9.71 Å². The van der Waals surface area contributed by atoms with Crippen molar-refractivity contribution in [3.05, 3.63) is 59.9 Å². The zero-order valence-corrected chi connectivity index (χ0v) is 12.0. The highest BCUT2D eigenvalue weighted by Gasteiger charge is 2.17. The second kappa shape index (κ2) is 6.02. The van der Waals surface area contributed by atoms with E-state index in [1.807, 2.05) is 0 Å². The van der Waals surface area contributed by atoms with Gasteiger partial charge in [-0.2, -0.15) is 0 Å². The van der Waals surface area contributed by atoms with E-state index in [9.17, 15) is 8.42 Å². The number of nitrogens with two attached hydrogens (primary N) is 1. The molecule has 20 heavy (non-hydrogen) atoms. The molecule has 0 saturated carbocycles. The Morgan fingerprint density at radius 2 is 1.85 bits per heavy atom. The second-order valence-electron chi connectivity index (χ2n) is 4.58. The fourth-order valence-corrected chi connectivity index (χ4v) is 3.33. The van der Waals surface area contributed by atoms with Crippen LogP contribution in [0.25, 0.3) is 0 Å². The monoisotopic (exact) mass is 291 g/mol. The van der Waals surface area contributed by atoms with Crippen LogP contribution in [0.2, 0.25) is 0 Å². The van der Waals surface area contributed by atoms with Gasteiger partial charge < -0.3 is 5.73 Å². The number of pyridine rings is 1. The molecule has 1 heterocycles. The summed E-state index contributed by atoms with van der Waals surface area (Å²) in [6.07, 6.45) is 3.27. The van der Waals surface area contributed by atoms with E-state index in [0.29, 0.717) is 11.3 Å². The lowest BCUT2D eigenvalue weighted by Gasteiger charge is -2.15. The molecule has 0 amide bonds. The van der Waals surface area contributed by atoms with Gasteiger partial charge in [-0.15, -0.1) is 0 Å². The molecule has 0 aliphatic rings. The summed E-state index contributed by atoms with van der Waals surface area (Å²) in [5.74, 6) is -0.130. The summed E-state index contributed by atoms with van der Waals surface area (Å²) in [6.45, 7) is 1.79. The molecular weight excluding hydrogens is 274 g/mol. The molecule has 1 aromatic carbocycles. The number of nitrogens with one attached hydrogen (secondary N) is 1. The Labute approximate surface area is 118 Å². The van der Waals surface area contributed by atoms with Crippen molar-refractivity contribution in [2.45, 2.75) is 18.7 Å². The van der Waals surface area contributed by atoms with Gasteiger partial charge in [0.15, 0.2) is 0 Å². The smallest absolute Gasteiger partial charge is 0.216 e. The third-order valence-electron chi connectivity index (χ3n) is 2.96. The average molecular weight is 291 g/mol. The Bertz CT molecular complexity index is 672. The van der Waals surface area contributed by atoms with Gasteiger partial charge in [0.05, 0.1) is 5.75 Å². The first-order chi connectivity index (χ1) is 9.48. The summed E-state index contributed by atoms with van der Waals surface area (Å²) in [7, 11) is -3.45. The van der Waals surface area contributed by atoms with Crippen molar-refractivity contribution in [2.24, 2.45) is 0 Å². The summed E-state index contributed by atoms with van der Waals surface area (Å²) in [5.41, 5.74) is 7.71. The van der Waals surface area contributed by atoms with Gasteiger partial charge >= 0.3 is 0 Å². The highest BCUT2D eigenvalue weighted by atomic mass is 32.2. The molecule has 1 aromatic heterocycles. The maximum Gasteiger partial charge on any atom is 0.216 e. The standard InChI is InChI=1S/C14H17N3O2S/c1-11(12-6-8-16-9-7-12)17-20(18,19)10-13-4-2-3-5-14(13)15/h2-9,11,17H,10,15H2,1H3. The number of hydrogen-bond acceptors (Lipinski definition) is 4. The van der Waals surface area contributed by atoms with Gasteiger partial charge in [0.1, 0.15) is 0 Å². The lowest BCUT2D eigenvalue weighted by molar-refractivity contribution is 0.566. The third kappa shape index (κ3) is 3.79. The molecular formula is C14H17N3O2S. The van der Waals surface area contributed by atoms with Crippen molar-refractivity contribution in [1.29, 1.82) is 0 Å². The molecule has 5 nitrogen and oxygen atoms in total. The Morgan fingerprint density at radius 1 is 1.20 bits per heavy atom. The number of nitrogens with zero attached hydrogens (tertiary/aromatic N) is 1. The van der Waals surface area contributed by atoms with Crippen LogP contribution in [0.4, 0.5) is 5.69 Å². The van der Waals surface area contributed by atoms with Crippen LogP contribution in [0, 0.1) is 0 Å². The van der Waals surface area contributed by atoms with Crippen molar-refractivity contribution in [3.8, 4) is 0 Å². The minimum absolute atomic E-state index is 0.130. The van der Waals surface area contributed by atoms with Crippen LogP contribution in [0.1, 0.15) is 24.1 Å². The van der Waals surface area contributed by atoms with Crippen molar-refractivity contribution in [3.63, 3.8) is 0 Å². The van der Waals surface area contributed by atoms with Crippen LogP contribution in [-0.4, -0.2) is 13.4 Å². The largest absolute Gasteiger partial charge is 0.398 e. The fraction of sp³-hybridized carbons (Fsp3) is 0.214. The van der Waals surface area contributed by atoms with E-state index in [1.54, 1.807) is 55.7 Å². The third-order valence-corrected chi connectivity index (χ3v) is 4.37. The Kier molecular flexibility index (Phi) is 4.36. The normalized spacial score (nSPS) is 13.1. The quantitative estimate of drug-likeness (QED) is 0.823. The molecule has 0 aliphatic carbocycles. The Balaban J connectivity index is 2.10. The van der Waals surface area contributed by atoms with Crippen LogP contribution < -0.4 is 10.5 Å².